The number of hydrogen-bond donors (Lipinski definition) is 1. The van der Waals surface area contributed by atoms with Crippen molar-refractivity contribution in [2.24, 2.45) is 0 Å². The van der Waals surface area contributed by atoms with E-state index in [1.807, 2.05) is 0 Å². The molecule has 24 heavy (non-hydrogen) atoms. The summed E-state index contributed by atoms with van der Waals surface area (Å²) in [4.78, 5) is 14.1. The molecule has 0 bridgehead atoms. The van der Waals surface area contributed by atoms with Gasteiger partial charge in [0.1, 0.15) is 5.69 Å². The molecule has 1 saturated heterocycles. The molecule has 1 amide bonds. The summed E-state index contributed by atoms with van der Waals surface area (Å²) in [5.74, 6) is 0.370. The van der Waals surface area contributed by atoms with Gasteiger partial charge in [-0.3, -0.25) is 9.89 Å². The highest BCUT2D eigenvalue weighted by Crippen LogP contribution is 2.19. The van der Waals surface area contributed by atoms with Gasteiger partial charge in [-0.2, -0.15) is 22.1 Å². The number of furan rings is 1. The first-order chi connectivity index (χ1) is 11.4. The SMILES string of the molecule is CN(C)S(=O)(=O)N1CCN(C(=O)c2cc(-c3ccco3)[nH]n2)CC1. The van der Waals surface area contributed by atoms with Gasteiger partial charge in [0.2, 0.25) is 0 Å². The Bertz CT molecular complexity index is 804. The Hall–Kier alpha value is -2.17. The second kappa shape index (κ2) is 6.38. The number of carbonyl (C=O) groups excluding carboxylic acids is 1. The second-order valence-corrected chi connectivity index (χ2v) is 7.77. The Labute approximate surface area is 140 Å². The van der Waals surface area contributed by atoms with Gasteiger partial charge in [0.25, 0.3) is 16.1 Å². The molecule has 0 atom stereocenters. The maximum atomic E-state index is 12.5. The summed E-state index contributed by atoms with van der Waals surface area (Å²) >= 11 is 0. The van der Waals surface area contributed by atoms with Crippen molar-refractivity contribution < 1.29 is 17.6 Å². The minimum atomic E-state index is -3.44. The third kappa shape index (κ3) is 3.07. The molecule has 3 rings (SSSR count). The lowest BCUT2D eigenvalue weighted by molar-refractivity contribution is 0.0689. The smallest absolute Gasteiger partial charge is 0.281 e. The summed E-state index contributed by atoms with van der Waals surface area (Å²) in [5, 5.41) is 6.80. The molecule has 10 heteroatoms. The Morgan fingerprint density at radius 1 is 1.29 bits per heavy atom. The lowest BCUT2D eigenvalue weighted by Crippen LogP contribution is -2.53. The molecule has 1 N–H and O–H groups in total. The third-order valence-corrected chi connectivity index (χ3v) is 5.84. The van der Waals surface area contributed by atoms with Crippen molar-refractivity contribution in [3.63, 3.8) is 0 Å². The van der Waals surface area contributed by atoms with Crippen molar-refractivity contribution in [1.82, 2.24) is 23.7 Å². The van der Waals surface area contributed by atoms with Crippen LogP contribution in [-0.4, -0.2) is 78.3 Å². The molecule has 1 fully saturated rings. The van der Waals surface area contributed by atoms with Crippen LogP contribution in [0.15, 0.2) is 28.9 Å². The molecular weight excluding hydrogens is 334 g/mol. The van der Waals surface area contributed by atoms with E-state index >= 15 is 0 Å². The van der Waals surface area contributed by atoms with Crippen LogP contribution in [0, 0.1) is 0 Å². The van der Waals surface area contributed by atoms with Crippen molar-refractivity contribution in [3.8, 4) is 11.5 Å². The van der Waals surface area contributed by atoms with Crippen molar-refractivity contribution >= 4 is 16.1 Å². The first-order valence-electron chi connectivity index (χ1n) is 7.46. The van der Waals surface area contributed by atoms with Gasteiger partial charge in [0.15, 0.2) is 11.5 Å². The standard InChI is InChI=1S/C14H19N5O4S/c1-17(2)24(21,22)19-7-5-18(6-8-19)14(20)12-10-11(15-16-12)13-4-3-9-23-13/h3-4,9-10H,5-8H2,1-2H3,(H,15,16). The van der Waals surface area contributed by atoms with Crippen molar-refractivity contribution in [2.75, 3.05) is 40.3 Å². The second-order valence-electron chi connectivity index (χ2n) is 5.63. The Morgan fingerprint density at radius 3 is 2.58 bits per heavy atom. The highest BCUT2D eigenvalue weighted by molar-refractivity contribution is 7.86. The summed E-state index contributed by atoms with van der Waals surface area (Å²) in [6.07, 6.45) is 1.54. The molecule has 0 saturated carbocycles. The van der Waals surface area contributed by atoms with Crippen molar-refractivity contribution in [2.45, 2.75) is 0 Å². The van der Waals surface area contributed by atoms with Crippen molar-refractivity contribution in [3.05, 3.63) is 30.2 Å². The fraction of sp³-hybridized carbons (Fsp3) is 0.429. The van der Waals surface area contributed by atoms with Crippen molar-refractivity contribution in [1.29, 1.82) is 0 Å². The topological polar surface area (TPSA) is 103 Å². The number of H-pyrrole nitrogens is 1. The van der Waals surface area contributed by atoms with Gasteiger partial charge < -0.3 is 9.32 Å². The summed E-state index contributed by atoms with van der Waals surface area (Å²) in [7, 11) is -0.459. The summed E-state index contributed by atoms with van der Waals surface area (Å²) in [6.45, 7) is 1.19. The zero-order chi connectivity index (χ0) is 17.3. The van der Waals surface area contributed by atoms with Gasteiger partial charge in [0, 0.05) is 46.3 Å². The molecule has 2 aromatic heterocycles. The molecule has 130 valence electrons. The molecule has 0 radical (unpaired) electrons. The zero-order valence-electron chi connectivity index (χ0n) is 13.5. The van der Waals surface area contributed by atoms with E-state index in [-0.39, 0.29) is 24.7 Å². The Morgan fingerprint density at radius 2 is 2.00 bits per heavy atom. The molecule has 3 heterocycles. The Kier molecular flexibility index (Phi) is 4.43. The van der Waals surface area contributed by atoms with Gasteiger partial charge in [-0.05, 0) is 12.1 Å². The lowest BCUT2D eigenvalue weighted by atomic mass is 10.2. The van der Waals surface area contributed by atoms with Gasteiger partial charge in [-0.15, -0.1) is 0 Å². The highest BCUT2D eigenvalue weighted by atomic mass is 32.2. The predicted molar refractivity (Wildman–Crippen MR) is 86.4 cm³/mol. The van der Waals surface area contributed by atoms with E-state index in [1.54, 1.807) is 29.4 Å². The first-order valence-corrected chi connectivity index (χ1v) is 8.85. The number of rotatable bonds is 4. The summed E-state index contributed by atoms with van der Waals surface area (Å²) < 4.78 is 32.0. The van der Waals surface area contributed by atoms with Crippen LogP contribution in [0.3, 0.4) is 0 Å². The fourth-order valence-corrected chi connectivity index (χ4v) is 3.59. The monoisotopic (exact) mass is 353 g/mol. The van der Waals surface area contributed by atoms with E-state index in [4.69, 9.17) is 4.42 Å². The number of aromatic nitrogens is 2. The largest absolute Gasteiger partial charge is 0.463 e. The predicted octanol–water partition coefficient (Wildman–Crippen LogP) is 0.234. The average molecular weight is 353 g/mol. The van der Waals surface area contributed by atoms with Crippen LogP contribution in [0.4, 0.5) is 0 Å². The normalized spacial score (nSPS) is 16.7. The molecule has 9 nitrogen and oxygen atoms in total. The number of nitrogens with one attached hydrogen (secondary N) is 1. The highest BCUT2D eigenvalue weighted by Gasteiger charge is 2.31. The van der Waals surface area contributed by atoms with Crippen LogP contribution in [0.5, 0.6) is 0 Å². The number of piperazine rings is 1. The van der Waals surface area contributed by atoms with E-state index < -0.39 is 10.2 Å². The number of hydrogen-bond acceptors (Lipinski definition) is 5. The van der Waals surface area contributed by atoms with Gasteiger partial charge in [0.05, 0.1) is 6.26 Å². The van der Waals surface area contributed by atoms with Crippen LogP contribution >= 0.6 is 0 Å². The van der Waals surface area contributed by atoms with E-state index in [2.05, 4.69) is 10.2 Å². The number of nitrogens with zero attached hydrogens (tertiary/aromatic N) is 4. The van der Waals surface area contributed by atoms with Crippen LogP contribution < -0.4 is 0 Å². The van der Waals surface area contributed by atoms with E-state index in [0.717, 1.165) is 0 Å². The summed E-state index contributed by atoms with van der Waals surface area (Å²) in [6, 6.07) is 5.15. The summed E-state index contributed by atoms with van der Waals surface area (Å²) in [5.41, 5.74) is 0.905. The first kappa shape index (κ1) is 16.7. The molecule has 0 aliphatic carbocycles. The van der Waals surface area contributed by atoms with Gasteiger partial charge in [-0.25, -0.2) is 0 Å². The lowest BCUT2D eigenvalue weighted by Gasteiger charge is -2.34. The fourth-order valence-electron chi connectivity index (χ4n) is 2.50. The quantitative estimate of drug-likeness (QED) is 0.848. The van der Waals surface area contributed by atoms with Crippen LogP contribution in [0.1, 0.15) is 10.5 Å². The molecule has 2 aromatic rings. The maximum Gasteiger partial charge on any atom is 0.281 e. The van der Waals surface area contributed by atoms with Crippen LogP contribution in [-0.2, 0) is 10.2 Å². The Balaban J connectivity index is 1.66. The molecule has 0 unspecified atom stereocenters. The zero-order valence-corrected chi connectivity index (χ0v) is 14.3. The number of amides is 1. The average Bonchev–Trinajstić information content (AvgIpc) is 3.25. The van der Waals surface area contributed by atoms with Crippen LogP contribution in [0.25, 0.3) is 11.5 Å². The number of carbonyl (C=O) groups is 1. The molecular formula is C14H19N5O4S. The van der Waals surface area contributed by atoms with Crippen LogP contribution in [0.2, 0.25) is 0 Å². The minimum absolute atomic E-state index is 0.231. The number of aromatic amines is 1. The van der Waals surface area contributed by atoms with Gasteiger partial charge >= 0.3 is 0 Å². The van der Waals surface area contributed by atoms with Gasteiger partial charge in [-0.1, -0.05) is 0 Å². The minimum Gasteiger partial charge on any atom is -0.463 e. The van der Waals surface area contributed by atoms with E-state index in [0.29, 0.717) is 24.5 Å². The molecule has 1 aliphatic rings. The van der Waals surface area contributed by atoms with E-state index in [9.17, 15) is 13.2 Å². The van der Waals surface area contributed by atoms with E-state index in [1.165, 1.54) is 22.7 Å². The molecule has 0 spiro atoms. The molecule has 0 aromatic carbocycles. The third-order valence-electron chi connectivity index (χ3n) is 3.90. The molecule has 1 aliphatic heterocycles. The maximum absolute atomic E-state index is 12.5.